The molecular formula is C13H21BrN4O. The molecule has 0 aliphatic carbocycles. The predicted octanol–water partition coefficient (Wildman–Crippen LogP) is 1.79. The first-order chi connectivity index (χ1) is 8.86. The predicted molar refractivity (Wildman–Crippen MR) is 77.5 cm³/mol. The second-order valence-electron chi connectivity index (χ2n) is 6.00. The highest BCUT2D eigenvalue weighted by molar-refractivity contribution is 9.10. The monoisotopic (exact) mass is 328 g/mol. The highest BCUT2D eigenvalue weighted by Crippen LogP contribution is 2.18. The van der Waals surface area contributed by atoms with Gasteiger partial charge in [-0.1, -0.05) is 20.8 Å². The van der Waals surface area contributed by atoms with Crippen LogP contribution in [-0.2, 0) is 11.5 Å². The molecular weight excluding hydrogens is 308 g/mol. The number of nitrogens with zero attached hydrogens (tertiary/aromatic N) is 4. The summed E-state index contributed by atoms with van der Waals surface area (Å²) in [6.07, 6.45) is 3.76. The van der Waals surface area contributed by atoms with Crippen LogP contribution < -0.4 is 0 Å². The average molecular weight is 329 g/mol. The highest BCUT2D eigenvalue weighted by atomic mass is 79.9. The molecule has 0 N–H and O–H groups in total. The van der Waals surface area contributed by atoms with E-state index in [0.29, 0.717) is 0 Å². The van der Waals surface area contributed by atoms with E-state index in [4.69, 9.17) is 0 Å². The molecule has 1 fully saturated rings. The molecule has 1 aromatic rings. The van der Waals surface area contributed by atoms with Gasteiger partial charge in [0.2, 0.25) is 5.91 Å². The van der Waals surface area contributed by atoms with Crippen LogP contribution in [0.25, 0.3) is 0 Å². The Morgan fingerprint density at radius 2 is 1.95 bits per heavy atom. The van der Waals surface area contributed by atoms with Crippen molar-refractivity contribution >= 4 is 21.8 Å². The van der Waals surface area contributed by atoms with E-state index < -0.39 is 0 Å². The Morgan fingerprint density at radius 1 is 1.32 bits per heavy atom. The van der Waals surface area contributed by atoms with Crippen molar-refractivity contribution in [3.05, 3.63) is 16.9 Å². The van der Waals surface area contributed by atoms with Gasteiger partial charge in [0.05, 0.1) is 17.3 Å². The van der Waals surface area contributed by atoms with Crippen LogP contribution >= 0.6 is 15.9 Å². The molecule has 2 rings (SSSR count). The van der Waals surface area contributed by atoms with E-state index in [1.165, 1.54) is 0 Å². The number of aromatic nitrogens is 2. The Hall–Kier alpha value is -0.880. The molecule has 0 atom stereocenters. The minimum Gasteiger partial charge on any atom is -0.340 e. The maximum atomic E-state index is 12.2. The number of carbonyl (C=O) groups excluding carboxylic acids is 1. The molecule has 0 unspecified atom stereocenters. The molecule has 5 nitrogen and oxygen atoms in total. The zero-order chi connectivity index (χ0) is 14.0. The summed E-state index contributed by atoms with van der Waals surface area (Å²) in [5.74, 6) is 0.244. The molecule has 0 saturated carbocycles. The lowest BCUT2D eigenvalue weighted by Gasteiger charge is -2.37. The Balaban J connectivity index is 1.84. The fourth-order valence-electron chi connectivity index (χ4n) is 2.19. The van der Waals surface area contributed by atoms with E-state index in [-0.39, 0.29) is 11.3 Å². The number of hydrogen-bond acceptors (Lipinski definition) is 3. The first-order valence-electron chi connectivity index (χ1n) is 6.56. The molecule has 1 aliphatic rings. The Morgan fingerprint density at radius 3 is 2.42 bits per heavy atom. The van der Waals surface area contributed by atoms with E-state index in [1.54, 1.807) is 6.20 Å². The highest BCUT2D eigenvalue weighted by Gasteiger charge is 2.29. The lowest BCUT2D eigenvalue weighted by molar-refractivity contribution is -0.141. The summed E-state index contributed by atoms with van der Waals surface area (Å²) in [7, 11) is 0. The van der Waals surface area contributed by atoms with Crippen LogP contribution in [0.15, 0.2) is 16.9 Å². The summed E-state index contributed by atoms with van der Waals surface area (Å²) in [4.78, 5) is 16.5. The summed E-state index contributed by atoms with van der Waals surface area (Å²) in [6, 6.07) is 0. The van der Waals surface area contributed by atoms with Crippen molar-refractivity contribution in [1.82, 2.24) is 19.6 Å². The van der Waals surface area contributed by atoms with Crippen LogP contribution in [0.5, 0.6) is 0 Å². The minimum absolute atomic E-state index is 0.244. The van der Waals surface area contributed by atoms with Gasteiger partial charge in [-0.2, -0.15) is 5.10 Å². The zero-order valence-corrected chi connectivity index (χ0v) is 13.4. The second-order valence-corrected chi connectivity index (χ2v) is 6.92. The van der Waals surface area contributed by atoms with Crippen molar-refractivity contribution in [2.75, 3.05) is 26.2 Å². The van der Waals surface area contributed by atoms with Crippen LogP contribution in [0.4, 0.5) is 0 Å². The van der Waals surface area contributed by atoms with Gasteiger partial charge in [-0.05, 0) is 15.9 Å². The summed E-state index contributed by atoms with van der Waals surface area (Å²) in [5, 5.41) is 4.25. The van der Waals surface area contributed by atoms with E-state index >= 15 is 0 Å². The summed E-state index contributed by atoms with van der Waals surface area (Å²) in [5.41, 5.74) is -0.283. The average Bonchev–Trinajstić information content (AvgIpc) is 2.74. The second kappa shape index (κ2) is 5.63. The number of piperazine rings is 1. The SMILES string of the molecule is CC(C)(C)C(=O)N1CCN(Cn2cc(Br)cn2)CC1. The Bertz CT molecular complexity index is 444. The molecule has 1 aliphatic heterocycles. The molecule has 106 valence electrons. The van der Waals surface area contributed by atoms with Gasteiger partial charge in [0.1, 0.15) is 0 Å². The Kier molecular flexibility index (Phi) is 4.30. The summed E-state index contributed by atoms with van der Waals surface area (Å²) in [6.45, 7) is 10.1. The molecule has 0 radical (unpaired) electrons. The number of amides is 1. The molecule has 19 heavy (non-hydrogen) atoms. The molecule has 1 aromatic heterocycles. The number of carbonyl (C=O) groups is 1. The van der Waals surface area contributed by atoms with Crippen molar-refractivity contribution in [3.8, 4) is 0 Å². The Labute approximate surface area is 122 Å². The van der Waals surface area contributed by atoms with Crippen LogP contribution in [-0.4, -0.2) is 51.7 Å². The lowest BCUT2D eigenvalue weighted by atomic mass is 9.94. The molecule has 1 amide bonds. The van der Waals surface area contributed by atoms with Crippen molar-refractivity contribution in [2.24, 2.45) is 5.41 Å². The van der Waals surface area contributed by atoms with Gasteiger partial charge in [0.25, 0.3) is 0 Å². The van der Waals surface area contributed by atoms with E-state index in [2.05, 4.69) is 25.9 Å². The molecule has 0 bridgehead atoms. The number of rotatable bonds is 2. The molecule has 1 saturated heterocycles. The maximum Gasteiger partial charge on any atom is 0.228 e. The number of hydrogen-bond donors (Lipinski definition) is 0. The first kappa shape index (κ1) is 14.5. The van der Waals surface area contributed by atoms with Crippen molar-refractivity contribution < 1.29 is 4.79 Å². The third-order valence-corrected chi connectivity index (χ3v) is 3.66. The van der Waals surface area contributed by atoms with Gasteiger partial charge in [-0.25, -0.2) is 0 Å². The van der Waals surface area contributed by atoms with Crippen LogP contribution in [0, 0.1) is 5.41 Å². The van der Waals surface area contributed by atoms with Crippen molar-refractivity contribution in [1.29, 1.82) is 0 Å². The van der Waals surface area contributed by atoms with Gasteiger partial charge in [0, 0.05) is 37.8 Å². The molecule has 2 heterocycles. The fourth-order valence-corrected chi connectivity index (χ4v) is 2.52. The largest absolute Gasteiger partial charge is 0.340 e. The minimum atomic E-state index is -0.283. The third-order valence-electron chi connectivity index (χ3n) is 3.25. The number of halogens is 1. The topological polar surface area (TPSA) is 41.4 Å². The molecule has 0 aromatic carbocycles. The van der Waals surface area contributed by atoms with Gasteiger partial charge in [0.15, 0.2) is 0 Å². The van der Waals surface area contributed by atoms with Gasteiger partial charge < -0.3 is 4.90 Å². The zero-order valence-electron chi connectivity index (χ0n) is 11.8. The standard InChI is InChI=1S/C13H21BrN4O/c1-13(2,3)12(19)17-6-4-16(5-7-17)10-18-9-11(14)8-15-18/h8-9H,4-7,10H2,1-3H3. The van der Waals surface area contributed by atoms with E-state index in [0.717, 1.165) is 37.3 Å². The van der Waals surface area contributed by atoms with E-state index in [1.807, 2.05) is 36.5 Å². The van der Waals surface area contributed by atoms with Crippen molar-refractivity contribution in [3.63, 3.8) is 0 Å². The molecule has 0 spiro atoms. The molecule has 6 heteroatoms. The first-order valence-corrected chi connectivity index (χ1v) is 7.35. The maximum absolute atomic E-state index is 12.2. The summed E-state index contributed by atoms with van der Waals surface area (Å²) < 4.78 is 2.90. The lowest BCUT2D eigenvalue weighted by Crippen LogP contribution is -2.51. The van der Waals surface area contributed by atoms with Crippen molar-refractivity contribution in [2.45, 2.75) is 27.4 Å². The van der Waals surface area contributed by atoms with Gasteiger partial charge >= 0.3 is 0 Å². The van der Waals surface area contributed by atoms with Gasteiger partial charge in [-0.15, -0.1) is 0 Å². The van der Waals surface area contributed by atoms with Crippen LogP contribution in [0.3, 0.4) is 0 Å². The van der Waals surface area contributed by atoms with Gasteiger partial charge in [-0.3, -0.25) is 14.4 Å². The third kappa shape index (κ3) is 3.79. The van der Waals surface area contributed by atoms with E-state index in [9.17, 15) is 4.79 Å². The smallest absolute Gasteiger partial charge is 0.228 e. The van der Waals surface area contributed by atoms with Crippen LogP contribution in [0.2, 0.25) is 0 Å². The quantitative estimate of drug-likeness (QED) is 0.831. The summed E-state index contributed by atoms with van der Waals surface area (Å²) >= 11 is 3.39. The fraction of sp³-hybridized carbons (Fsp3) is 0.692. The normalized spacial score (nSPS) is 17.8. The van der Waals surface area contributed by atoms with Crippen LogP contribution in [0.1, 0.15) is 20.8 Å².